The standard InChI is InChI=1S/2C10H11ClN4/c2*1-7(2)15-13-10(12-14-15)8-4-3-5-9(11)6-8/h2*3-7H,1-2H3. The Morgan fingerprint density at radius 1 is 0.667 bits per heavy atom. The maximum absolute atomic E-state index is 5.88. The van der Waals surface area contributed by atoms with Crippen LogP contribution in [0.3, 0.4) is 0 Å². The summed E-state index contributed by atoms with van der Waals surface area (Å²) >= 11 is 11.8. The van der Waals surface area contributed by atoms with Gasteiger partial charge in [0.25, 0.3) is 0 Å². The average molecular weight is 445 g/mol. The first-order chi connectivity index (χ1) is 14.3. The van der Waals surface area contributed by atoms with Gasteiger partial charge in [-0.2, -0.15) is 9.59 Å². The van der Waals surface area contributed by atoms with E-state index in [9.17, 15) is 0 Å². The molecule has 0 fully saturated rings. The maximum atomic E-state index is 5.88. The van der Waals surface area contributed by atoms with Gasteiger partial charge < -0.3 is 0 Å². The van der Waals surface area contributed by atoms with Crippen molar-refractivity contribution in [3.63, 3.8) is 0 Å². The van der Waals surface area contributed by atoms with E-state index in [1.165, 1.54) is 0 Å². The lowest BCUT2D eigenvalue weighted by Gasteiger charge is -1.99. The van der Waals surface area contributed by atoms with Crippen LogP contribution in [-0.2, 0) is 0 Å². The summed E-state index contributed by atoms with van der Waals surface area (Å²) in [6.07, 6.45) is 0. The van der Waals surface area contributed by atoms with Crippen molar-refractivity contribution < 1.29 is 0 Å². The van der Waals surface area contributed by atoms with Crippen LogP contribution in [0, 0.1) is 0 Å². The molecule has 4 rings (SSSR count). The number of halogens is 2. The van der Waals surface area contributed by atoms with Crippen LogP contribution >= 0.6 is 23.2 Å². The normalized spacial score (nSPS) is 10.9. The molecule has 156 valence electrons. The third-order valence-corrected chi connectivity index (χ3v) is 4.42. The molecule has 30 heavy (non-hydrogen) atoms. The second-order valence-corrected chi connectivity index (χ2v) is 7.95. The van der Waals surface area contributed by atoms with Gasteiger partial charge in [-0.15, -0.1) is 20.4 Å². The van der Waals surface area contributed by atoms with Crippen LogP contribution in [0.15, 0.2) is 48.5 Å². The van der Waals surface area contributed by atoms with Gasteiger partial charge in [0.1, 0.15) is 0 Å². The SMILES string of the molecule is CC(C)n1nnc(-c2cccc(Cl)c2)n1.CC(C)n1nnc(-c2cccc(Cl)c2)n1. The number of hydrogen-bond donors (Lipinski definition) is 0. The van der Waals surface area contributed by atoms with Crippen LogP contribution in [0.4, 0.5) is 0 Å². The highest BCUT2D eigenvalue weighted by atomic mass is 35.5. The monoisotopic (exact) mass is 444 g/mol. The molecule has 0 aliphatic heterocycles. The van der Waals surface area contributed by atoms with Crippen LogP contribution in [0.5, 0.6) is 0 Å². The Morgan fingerprint density at radius 2 is 1.07 bits per heavy atom. The van der Waals surface area contributed by atoms with E-state index >= 15 is 0 Å². The number of rotatable bonds is 4. The Bertz CT molecular complexity index is 1020. The summed E-state index contributed by atoms with van der Waals surface area (Å²) < 4.78 is 0. The molecule has 4 aromatic rings. The second kappa shape index (κ2) is 9.77. The minimum Gasteiger partial charge on any atom is -0.161 e. The molecule has 0 aliphatic rings. The minimum absolute atomic E-state index is 0.213. The fraction of sp³-hybridized carbons (Fsp3) is 0.300. The molecule has 0 unspecified atom stereocenters. The van der Waals surface area contributed by atoms with Gasteiger partial charge in [-0.3, -0.25) is 0 Å². The van der Waals surface area contributed by atoms with Crippen molar-refractivity contribution in [2.75, 3.05) is 0 Å². The smallest absolute Gasteiger partial charge is 0.161 e. The van der Waals surface area contributed by atoms with Crippen molar-refractivity contribution >= 4 is 23.2 Å². The second-order valence-electron chi connectivity index (χ2n) is 7.08. The Kier molecular flexibility index (Phi) is 7.12. The minimum atomic E-state index is 0.213. The summed E-state index contributed by atoms with van der Waals surface area (Å²) in [4.78, 5) is 3.16. The predicted octanol–water partition coefficient (Wildman–Crippen LogP) is 5.15. The molecule has 10 heteroatoms. The summed E-state index contributed by atoms with van der Waals surface area (Å²) in [6, 6.07) is 15.3. The number of tetrazole rings is 2. The molecular formula is C20H22Cl2N8. The topological polar surface area (TPSA) is 87.2 Å². The maximum Gasteiger partial charge on any atom is 0.204 e. The molecule has 0 aliphatic carbocycles. The lowest BCUT2D eigenvalue weighted by molar-refractivity contribution is 0.455. The number of aromatic nitrogens is 8. The summed E-state index contributed by atoms with van der Waals surface area (Å²) in [7, 11) is 0. The fourth-order valence-electron chi connectivity index (χ4n) is 2.37. The summed E-state index contributed by atoms with van der Waals surface area (Å²) in [5.74, 6) is 1.21. The van der Waals surface area contributed by atoms with Gasteiger partial charge in [-0.05, 0) is 62.4 Å². The van der Waals surface area contributed by atoms with Crippen molar-refractivity contribution in [2.24, 2.45) is 0 Å². The number of benzene rings is 2. The van der Waals surface area contributed by atoms with Gasteiger partial charge in [0.05, 0.1) is 12.1 Å². The van der Waals surface area contributed by atoms with Crippen LogP contribution in [0.25, 0.3) is 22.8 Å². The lowest BCUT2D eigenvalue weighted by Crippen LogP contribution is -2.04. The van der Waals surface area contributed by atoms with Gasteiger partial charge >= 0.3 is 0 Å². The van der Waals surface area contributed by atoms with Crippen LogP contribution in [0.2, 0.25) is 10.0 Å². The Hall–Kier alpha value is -2.84. The third kappa shape index (κ3) is 5.61. The largest absolute Gasteiger partial charge is 0.204 e. The van der Waals surface area contributed by atoms with Crippen molar-refractivity contribution in [1.82, 2.24) is 40.4 Å². The molecule has 2 heterocycles. The summed E-state index contributed by atoms with van der Waals surface area (Å²) in [5.41, 5.74) is 1.77. The molecule has 0 N–H and O–H groups in total. The first-order valence-corrected chi connectivity index (χ1v) is 10.2. The van der Waals surface area contributed by atoms with E-state index in [4.69, 9.17) is 23.2 Å². The zero-order valence-electron chi connectivity index (χ0n) is 17.1. The predicted molar refractivity (Wildman–Crippen MR) is 117 cm³/mol. The van der Waals surface area contributed by atoms with E-state index in [-0.39, 0.29) is 12.1 Å². The van der Waals surface area contributed by atoms with E-state index < -0.39 is 0 Å². The van der Waals surface area contributed by atoms with Crippen LogP contribution in [0.1, 0.15) is 39.8 Å². The lowest BCUT2D eigenvalue weighted by atomic mass is 10.2. The first-order valence-electron chi connectivity index (χ1n) is 9.44. The van der Waals surface area contributed by atoms with Gasteiger partial charge in [0, 0.05) is 21.2 Å². The molecule has 0 saturated heterocycles. The van der Waals surface area contributed by atoms with E-state index in [1.54, 1.807) is 9.59 Å². The zero-order valence-corrected chi connectivity index (χ0v) is 18.6. The van der Waals surface area contributed by atoms with Crippen LogP contribution in [-0.4, -0.2) is 40.4 Å². The molecule has 0 atom stereocenters. The van der Waals surface area contributed by atoms with Crippen molar-refractivity contribution in [3.05, 3.63) is 58.6 Å². The van der Waals surface area contributed by atoms with E-state index in [2.05, 4.69) is 30.8 Å². The highest BCUT2D eigenvalue weighted by Gasteiger charge is 2.08. The fourth-order valence-corrected chi connectivity index (χ4v) is 2.75. The summed E-state index contributed by atoms with van der Waals surface area (Å²) in [6.45, 7) is 8.01. The van der Waals surface area contributed by atoms with Gasteiger partial charge in [-0.25, -0.2) is 0 Å². The van der Waals surface area contributed by atoms with E-state index in [1.807, 2.05) is 76.2 Å². The molecule has 2 aromatic heterocycles. The highest BCUT2D eigenvalue weighted by molar-refractivity contribution is 6.31. The number of nitrogens with zero attached hydrogens (tertiary/aromatic N) is 8. The van der Waals surface area contributed by atoms with E-state index in [0.29, 0.717) is 21.7 Å². The van der Waals surface area contributed by atoms with Crippen molar-refractivity contribution in [2.45, 2.75) is 39.8 Å². The quantitative estimate of drug-likeness (QED) is 0.432. The molecule has 0 amide bonds. The summed E-state index contributed by atoms with van der Waals surface area (Å²) in [5, 5.41) is 25.7. The Balaban J connectivity index is 0.000000171. The molecule has 2 aromatic carbocycles. The van der Waals surface area contributed by atoms with E-state index in [0.717, 1.165) is 11.1 Å². The third-order valence-electron chi connectivity index (χ3n) is 3.95. The molecule has 0 spiro atoms. The highest BCUT2D eigenvalue weighted by Crippen LogP contribution is 2.19. The molecule has 0 radical (unpaired) electrons. The van der Waals surface area contributed by atoms with Crippen molar-refractivity contribution in [3.8, 4) is 22.8 Å². The first kappa shape index (κ1) is 21.9. The van der Waals surface area contributed by atoms with Crippen LogP contribution < -0.4 is 0 Å². The molecule has 0 saturated carbocycles. The Morgan fingerprint density at radius 3 is 1.37 bits per heavy atom. The van der Waals surface area contributed by atoms with Crippen molar-refractivity contribution in [1.29, 1.82) is 0 Å². The van der Waals surface area contributed by atoms with Gasteiger partial charge in [-0.1, -0.05) is 47.5 Å². The Labute approximate surface area is 184 Å². The van der Waals surface area contributed by atoms with Gasteiger partial charge in [0.2, 0.25) is 11.6 Å². The molecular weight excluding hydrogens is 423 g/mol. The molecule has 8 nitrogen and oxygen atoms in total. The zero-order chi connectivity index (χ0) is 21.7. The number of hydrogen-bond acceptors (Lipinski definition) is 6. The molecule has 0 bridgehead atoms. The van der Waals surface area contributed by atoms with Gasteiger partial charge in [0.15, 0.2) is 0 Å². The average Bonchev–Trinajstić information content (AvgIpc) is 3.39.